The highest BCUT2D eigenvalue weighted by atomic mass is 16.5. The second-order valence-corrected chi connectivity index (χ2v) is 3.96. The lowest BCUT2D eigenvalue weighted by atomic mass is 9.99. The van der Waals surface area contributed by atoms with Crippen LogP contribution in [0.25, 0.3) is 0 Å². The molecule has 2 aliphatic rings. The quantitative estimate of drug-likeness (QED) is 0.604. The van der Waals surface area contributed by atoms with Gasteiger partial charge in [-0.05, 0) is 19.4 Å². The number of carbonyl (C=O) groups excluding carboxylic acids is 1. The van der Waals surface area contributed by atoms with Crippen LogP contribution in [0.15, 0.2) is 0 Å². The Labute approximate surface area is 84.2 Å². The number of hydrogen-bond donors (Lipinski definition) is 0. The first kappa shape index (κ1) is 9.93. The maximum atomic E-state index is 11.5. The van der Waals surface area contributed by atoms with Crippen LogP contribution in [0.2, 0.25) is 0 Å². The molecule has 0 amide bonds. The molecule has 4 nitrogen and oxygen atoms in total. The highest BCUT2D eigenvalue weighted by Gasteiger charge is 2.37. The summed E-state index contributed by atoms with van der Waals surface area (Å²) in [6.45, 7) is 2.55. The molecule has 0 saturated carbocycles. The van der Waals surface area contributed by atoms with Gasteiger partial charge in [-0.1, -0.05) is 6.42 Å². The van der Waals surface area contributed by atoms with Crippen molar-refractivity contribution in [3.8, 4) is 0 Å². The average molecular weight is 199 g/mol. The topological polar surface area (TPSA) is 38.8 Å². The van der Waals surface area contributed by atoms with E-state index in [1.54, 1.807) is 0 Å². The van der Waals surface area contributed by atoms with Gasteiger partial charge in [-0.15, -0.1) is 0 Å². The molecule has 1 atom stereocenters. The third kappa shape index (κ3) is 1.77. The molecule has 0 bridgehead atoms. The predicted octanol–water partition coefficient (Wildman–Crippen LogP) is 0.413. The Kier molecular flexibility index (Phi) is 3.03. The lowest BCUT2D eigenvalue weighted by Gasteiger charge is -2.43. The van der Waals surface area contributed by atoms with Crippen LogP contribution < -0.4 is 0 Å². The maximum Gasteiger partial charge on any atom is 0.323 e. The minimum atomic E-state index is -0.0865. The van der Waals surface area contributed by atoms with E-state index in [1.807, 2.05) is 0 Å². The van der Waals surface area contributed by atoms with Crippen molar-refractivity contribution in [2.45, 2.75) is 31.3 Å². The van der Waals surface area contributed by atoms with Crippen molar-refractivity contribution in [1.29, 1.82) is 0 Å². The highest BCUT2D eigenvalue weighted by Crippen LogP contribution is 2.23. The summed E-state index contributed by atoms with van der Waals surface area (Å²) >= 11 is 0. The normalized spacial score (nSPS) is 29.6. The fourth-order valence-corrected chi connectivity index (χ4v) is 2.19. The Morgan fingerprint density at radius 3 is 2.79 bits per heavy atom. The van der Waals surface area contributed by atoms with Crippen LogP contribution in [0.3, 0.4) is 0 Å². The number of methoxy groups -OCH3 is 1. The molecule has 2 aliphatic heterocycles. The standard InChI is InChI=1S/C10H17NO3/c1-13-10(12)9-4-2-3-5-11(9)8-6-14-7-8/h8-9H,2-7H2,1H3. The number of piperidine rings is 1. The van der Waals surface area contributed by atoms with Gasteiger partial charge in [0.2, 0.25) is 0 Å². The molecular formula is C10H17NO3. The molecule has 2 rings (SSSR count). The number of hydrogen-bond acceptors (Lipinski definition) is 4. The molecule has 0 aromatic heterocycles. The van der Waals surface area contributed by atoms with Crippen molar-refractivity contribution in [3.63, 3.8) is 0 Å². The molecule has 80 valence electrons. The third-order valence-corrected chi connectivity index (χ3v) is 3.11. The smallest absolute Gasteiger partial charge is 0.323 e. The summed E-state index contributed by atoms with van der Waals surface area (Å²) in [7, 11) is 1.46. The maximum absolute atomic E-state index is 11.5. The Balaban J connectivity index is 1.98. The largest absolute Gasteiger partial charge is 0.468 e. The summed E-state index contributed by atoms with van der Waals surface area (Å²) < 4.78 is 9.97. The average Bonchev–Trinajstić information content (AvgIpc) is 2.15. The van der Waals surface area contributed by atoms with E-state index in [0.717, 1.165) is 32.6 Å². The van der Waals surface area contributed by atoms with Gasteiger partial charge in [0.25, 0.3) is 0 Å². The molecule has 0 aromatic rings. The Bertz CT molecular complexity index is 215. The lowest BCUT2D eigenvalue weighted by molar-refractivity contribution is -0.156. The molecule has 0 spiro atoms. The number of esters is 1. The molecule has 0 radical (unpaired) electrons. The van der Waals surface area contributed by atoms with E-state index in [2.05, 4.69) is 4.90 Å². The molecule has 0 aromatic carbocycles. The summed E-state index contributed by atoms with van der Waals surface area (Å²) in [6, 6.07) is 0.419. The molecule has 2 heterocycles. The van der Waals surface area contributed by atoms with E-state index in [-0.39, 0.29) is 12.0 Å². The van der Waals surface area contributed by atoms with E-state index < -0.39 is 0 Å². The number of carbonyl (C=O) groups is 1. The van der Waals surface area contributed by atoms with Crippen molar-refractivity contribution in [1.82, 2.24) is 4.90 Å². The van der Waals surface area contributed by atoms with Crippen LogP contribution >= 0.6 is 0 Å². The molecule has 2 fully saturated rings. The molecule has 1 unspecified atom stereocenters. The van der Waals surface area contributed by atoms with Gasteiger partial charge < -0.3 is 9.47 Å². The first-order chi connectivity index (χ1) is 6.83. The van der Waals surface area contributed by atoms with E-state index in [1.165, 1.54) is 13.5 Å². The second-order valence-electron chi connectivity index (χ2n) is 3.96. The lowest BCUT2D eigenvalue weighted by Crippen LogP contribution is -2.57. The molecule has 14 heavy (non-hydrogen) atoms. The highest BCUT2D eigenvalue weighted by molar-refractivity contribution is 5.75. The molecule has 0 aliphatic carbocycles. The zero-order valence-corrected chi connectivity index (χ0v) is 8.57. The van der Waals surface area contributed by atoms with Crippen LogP contribution in [-0.4, -0.2) is 49.8 Å². The van der Waals surface area contributed by atoms with Crippen molar-refractivity contribution in [3.05, 3.63) is 0 Å². The van der Waals surface area contributed by atoms with Crippen LogP contribution in [0.4, 0.5) is 0 Å². The second kappa shape index (κ2) is 4.28. The Morgan fingerprint density at radius 2 is 2.21 bits per heavy atom. The predicted molar refractivity (Wildman–Crippen MR) is 51.0 cm³/mol. The van der Waals surface area contributed by atoms with Gasteiger partial charge in [0, 0.05) is 0 Å². The summed E-state index contributed by atoms with van der Waals surface area (Å²) in [6.07, 6.45) is 3.25. The molecule has 4 heteroatoms. The first-order valence-electron chi connectivity index (χ1n) is 5.24. The number of rotatable bonds is 2. The van der Waals surface area contributed by atoms with E-state index in [0.29, 0.717) is 6.04 Å². The number of nitrogens with zero attached hydrogens (tertiary/aromatic N) is 1. The molecule has 2 saturated heterocycles. The zero-order valence-electron chi connectivity index (χ0n) is 8.57. The van der Waals surface area contributed by atoms with E-state index >= 15 is 0 Å². The van der Waals surface area contributed by atoms with Gasteiger partial charge >= 0.3 is 5.97 Å². The van der Waals surface area contributed by atoms with Crippen LogP contribution in [-0.2, 0) is 14.3 Å². The van der Waals surface area contributed by atoms with Crippen LogP contribution in [0.1, 0.15) is 19.3 Å². The van der Waals surface area contributed by atoms with Crippen molar-refractivity contribution in [2.75, 3.05) is 26.9 Å². The van der Waals surface area contributed by atoms with Gasteiger partial charge in [-0.2, -0.15) is 0 Å². The summed E-state index contributed by atoms with van der Waals surface area (Å²) in [5.41, 5.74) is 0. The van der Waals surface area contributed by atoms with Gasteiger partial charge in [-0.3, -0.25) is 9.69 Å². The first-order valence-corrected chi connectivity index (χ1v) is 5.24. The fraction of sp³-hybridized carbons (Fsp3) is 0.900. The fourth-order valence-electron chi connectivity index (χ4n) is 2.19. The van der Waals surface area contributed by atoms with Crippen LogP contribution in [0, 0.1) is 0 Å². The van der Waals surface area contributed by atoms with Gasteiger partial charge in [0.05, 0.1) is 26.4 Å². The van der Waals surface area contributed by atoms with Crippen molar-refractivity contribution < 1.29 is 14.3 Å². The zero-order chi connectivity index (χ0) is 9.97. The number of ether oxygens (including phenoxy) is 2. The van der Waals surface area contributed by atoms with Crippen LogP contribution in [0.5, 0.6) is 0 Å². The Morgan fingerprint density at radius 1 is 1.43 bits per heavy atom. The van der Waals surface area contributed by atoms with E-state index in [9.17, 15) is 4.79 Å². The summed E-state index contributed by atoms with van der Waals surface area (Å²) in [5.74, 6) is -0.0865. The van der Waals surface area contributed by atoms with Gasteiger partial charge in [0.1, 0.15) is 6.04 Å². The minimum absolute atomic E-state index is 0.0253. The Hall–Kier alpha value is -0.610. The SMILES string of the molecule is COC(=O)C1CCCCN1C1COC1. The summed E-state index contributed by atoms with van der Waals surface area (Å²) in [5, 5.41) is 0. The van der Waals surface area contributed by atoms with Crippen molar-refractivity contribution in [2.24, 2.45) is 0 Å². The molecular weight excluding hydrogens is 182 g/mol. The van der Waals surface area contributed by atoms with Gasteiger partial charge in [0.15, 0.2) is 0 Å². The molecule has 0 N–H and O–H groups in total. The van der Waals surface area contributed by atoms with E-state index in [4.69, 9.17) is 9.47 Å². The van der Waals surface area contributed by atoms with Gasteiger partial charge in [-0.25, -0.2) is 0 Å². The minimum Gasteiger partial charge on any atom is -0.468 e. The van der Waals surface area contributed by atoms with Crippen molar-refractivity contribution >= 4 is 5.97 Å². The monoisotopic (exact) mass is 199 g/mol. The summed E-state index contributed by atoms with van der Waals surface area (Å²) in [4.78, 5) is 13.8. The third-order valence-electron chi connectivity index (χ3n) is 3.11. The number of likely N-dealkylation sites (tertiary alicyclic amines) is 1.